The first kappa shape index (κ1) is 14.7. The van der Waals surface area contributed by atoms with E-state index in [1.54, 1.807) is 11.3 Å². The van der Waals surface area contributed by atoms with Crippen molar-refractivity contribution >= 4 is 50.9 Å². The van der Waals surface area contributed by atoms with E-state index in [1.807, 2.05) is 31.2 Å². The van der Waals surface area contributed by atoms with Gasteiger partial charge in [-0.1, -0.05) is 36.0 Å². The Morgan fingerprint density at radius 2 is 1.90 bits per heavy atom. The van der Waals surface area contributed by atoms with Crippen LogP contribution in [0.4, 0.5) is 5.00 Å². The Bertz CT molecular complexity index is 744. The van der Waals surface area contributed by atoms with Gasteiger partial charge >= 0.3 is 0 Å². The molecule has 1 aliphatic heterocycles. The molecule has 2 heterocycles. The molecule has 0 amide bonds. The highest BCUT2D eigenvalue weighted by molar-refractivity contribution is 7.80. The third kappa shape index (κ3) is 2.63. The van der Waals surface area contributed by atoms with Gasteiger partial charge in [-0.05, 0) is 38.5 Å². The minimum Gasteiger partial charge on any atom is -0.339 e. The van der Waals surface area contributed by atoms with Crippen LogP contribution < -0.4 is 5.32 Å². The van der Waals surface area contributed by atoms with Crippen molar-refractivity contribution in [2.24, 2.45) is 4.99 Å². The van der Waals surface area contributed by atoms with Crippen molar-refractivity contribution in [3.8, 4) is 0 Å². The summed E-state index contributed by atoms with van der Waals surface area (Å²) in [7, 11) is 0. The van der Waals surface area contributed by atoms with E-state index in [0.717, 1.165) is 31.9 Å². The maximum absolute atomic E-state index is 6.00. The molecule has 1 aliphatic rings. The number of aliphatic imine (C=N–C) groups is 1. The van der Waals surface area contributed by atoms with Crippen molar-refractivity contribution < 1.29 is 0 Å². The lowest BCUT2D eigenvalue weighted by Crippen LogP contribution is -2.19. The highest BCUT2D eigenvalue weighted by atomic mass is 35.5. The normalized spacial score (nSPS) is 17.8. The molecule has 1 atom stereocenters. The van der Waals surface area contributed by atoms with Crippen LogP contribution in [0.1, 0.15) is 28.5 Å². The standard InChI is InChI=1S/C16H15ClN2S2/c1-8-10(3)21-16-13(8)14(18-9(2)15(20)19-16)11-4-6-12(17)7-5-11/h4-7,9H,1-3H3,(H,19,20)/t9-/m0/s1. The van der Waals surface area contributed by atoms with Gasteiger partial charge in [0.2, 0.25) is 0 Å². The minimum atomic E-state index is -0.0371. The predicted molar refractivity (Wildman–Crippen MR) is 96.6 cm³/mol. The molecule has 0 unspecified atom stereocenters. The van der Waals surface area contributed by atoms with E-state index in [4.69, 9.17) is 28.8 Å². The fraction of sp³-hybridized carbons (Fsp3) is 0.250. The predicted octanol–water partition coefficient (Wildman–Crippen LogP) is 5.00. The molecule has 1 N–H and O–H groups in total. The van der Waals surface area contributed by atoms with Crippen LogP contribution in [-0.4, -0.2) is 16.7 Å². The molecule has 1 aromatic heterocycles. The summed E-state index contributed by atoms with van der Waals surface area (Å²) in [6.07, 6.45) is 0. The van der Waals surface area contributed by atoms with Crippen LogP contribution in [-0.2, 0) is 0 Å². The number of nitrogens with zero attached hydrogens (tertiary/aromatic N) is 1. The number of anilines is 1. The number of thiophene rings is 1. The number of hydrogen-bond acceptors (Lipinski definition) is 3. The Labute approximate surface area is 138 Å². The second kappa shape index (κ2) is 5.52. The highest BCUT2D eigenvalue weighted by Gasteiger charge is 2.25. The van der Waals surface area contributed by atoms with Gasteiger partial charge in [0.25, 0.3) is 0 Å². The fourth-order valence-electron chi connectivity index (χ4n) is 2.36. The van der Waals surface area contributed by atoms with Crippen LogP contribution in [0.2, 0.25) is 5.02 Å². The van der Waals surface area contributed by atoms with Crippen molar-refractivity contribution in [2.45, 2.75) is 26.8 Å². The Kier molecular flexibility index (Phi) is 3.86. The molecule has 0 saturated heterocycles. The molecule has 0 spiro atoms. The number of fused-ring (bicyclic) bond motifs is 1. The summed E-state index contributed by atoms with van der Waals surface area (Å²) in [5.41, 5.74) is 4.47. The molecule has 2 aromatic rings. The fourth-order valence-corrected chi connectivity index (χ4v) is 3.78. The van der Waals surface area contributed by atoms with E-state index in [9.17, 15) is 0 Å². The second-order valence-electron chi connectivity index (χ2n) is 5.14. The van der Waals surface area contributed by atoms with E-state index < -0.39 is 0 Å². The summed E-state index contributed by atoms with van der Waals surface area (Å²) in [4.78, 5) is 6.90. The van der Waals surface area contributed by atoms with Crippen LogP contribution in [0.15, 0.2) is 29.3 Å². The molecule has 108 valence electrons. The first-order valence-electron chi connectivity index (χ1n) is 6.72. The lowest BCUT2D eigenvalue weighted by molar-refractivity contribution is 0.991. The average molecular weight is 335 g/mol. The second-order valence-corrected chi connectivity index (χ2v) is 7.24. The molecule has 0 radical (unpaired) electrons. The van der Waals surface area contributed by atoms with Crippen LogP contribution >= 0.6 is 35.2 Å². The number of halogens is 1. The van der Waals surface area contributed by atoms with Crippen molar-refractivity contribution in [1.29, 1.82) is 0 Å². The lowest BCUT2D eigenvalue weighted by atomic mass is 10.00. The quantitative estimate of drug-likeness (QED) is 0.742. The van der Waals surface area contributed by atoms with Gasteiger partial charge in [-0.2, -0.15) is 0 Å². The molecule has 0 bridgehead atoms. The highest BCUT2D eigenvalue weighted by Crippen LogP contribution is 2.36. The third-order valence-corrected chi connectivity index (χ3v) is 5.50. The Morgan fingerprint density at radius 3 is 2.57 bits per heavy atom. The summed E-state index contributed by atoms with van der Waals surface area (Å²) in [5.74, 6) is 0. The summed E-state index contributed by atoms with van der Waals surface area (Å²) in [6, 6.07) is 7.78. The van der Waals surface area contributed by atoms with Crippen molar-refractivity contribution in [2.75, 3.05) is 5.32 Å². The summed E-state index contributed by atoms with van der Waals surface area (Å²) in [5, 5.41) is 5.17. The van der Waals surface area contributed by atoms with Crippen molar-refractivity contribution in [1.82, 2.24) is 0 Å². The van der Waals surface area contributed by atoms with E-state index in [1.165, 1.54) is 10.4 Å². The average Bonchev–Trinajstić information content (AvgIpc) is 2.64. The Morgan fingerprint density at radius 1 is 1.24 bits per heavy atom. The number of rotatable bonds is 1. The van der Waals surface area contributed by atoms with Crippen LogP contribution in [0, 0.1) is 13.8 Å². The Hall–Kier alpha value is -1.23. The molecule has 2 nitrogen and oxygen atoms in total. The minimum absolute atomic E-state index is 0.0371. The molecule has 0 fully saturated rings. The number of benzene rings is 1. The monoisotopic (exact) mass is 334 g/mol. The van der Waals surface area contributed by atoms with E-state index in [0.29, 0.717) is 0 Å². The summed E-state index contributed by atoms with van der Waals surface area (Å²) < 4.78 is 0. The van der Waals surface area contributed by atoms with E-state index >= 15 is 0 Å². The molecule has 5 heteroatoms. The van der Waals surface area contributed by atoms with Crippen LogP contribution in [0.5, 0.6) is 0 Å². The molecular formula is C16H15ClN2S2. The zero-order valence-electron chi connectivity index (χ0n) is 12.0. The zero-order chi connectivity index (χ0) is 15.1. The maximum atomic E-state index is 6.00. The van der Waals surface area contributed by atoms with Crippen molar-refractivity contribution in [3.05, 3.63) is 50.9 Å². The van der Waals surface area contributed by atoms with Gasteiger partial charge in [0, 0.05) is 21.0 Å². The molecular weight excluding hydrogens is 320 g/mol. The SMILES string of the molecule is Cc1sc2c(c1C)C(c1ccc(Cl)cc1)=N[C@@H](C)C(=S)N2. The summed E-state index contributed by atoms with van der Waals surface area (Å²) >= 11 is 13.2. The molecule has 21 heavy (non-hydrogen) atoms. The summed E-state index contributed by atoms with van der Waals surface area (Å²) in [6.45, 7) is 6.28. The number of nitrogens with one attached hydrogen (secondary N) is 1. The van der Waals surface area contributed by atoms with Gasteiger partial charge in [0.05, 0.1) is 11.8 Å². The molecule has 1 aromatic carbocycles. The van der Waals surface area contributed by atoms with Crippen molar-refractivity contribution in [3.63, 3.8) is 0 Å². The number of aryl methyl sites for hydroxylation is 1. The topological polar surface area (TPSA) is 24.4 Å². The van der Waals surface area contributed by atoms with E-state index in [2.05, 4.69) is 19.2 Å². The third-order valence-electron chi connectivity index (χ3n) is 3.68. The van der Waals surface area contributed by atoms with Gasteiger partial charge in [-0.3, -0.25) is 4.99 Å². The molecule has 0 saturated carbocycles. The number of hydrogen-bond donors (Lipinski definition) is 1. The van der Waals surface area contributed by atoms with Gasteiger partial charge < -0.3 is 5.32 Å². The molecule has 3 rings (SSSR count). The van der Waals surface area contributed by atoms with E-state index in [-0.39, 0.29) is 6.04 Å². The maximum Gasteiger partial charge on any atom is 0.105 e. The zero-order valence-corrected chi connectivity index (χ0v) is 14.4. The van der Waals surface area contributed by atoms with Crippen LogP contribution in [0.3, 0.4) is 0 Å². The first-order valence-corrected chi connectivity index (χ1v) is 8.32. The lowest BCUT2D eigenvalue weighted by Gasteiger charge is -2.08. The Balaban J connectivity index is 2.24. The largest absolute Gasteiger partial charge is 0.339 e. The van der Waals surface area contributed by atoms with Gasteiger partial charge in [0.1, 0.15) is 9.99 Å². The van der Waals surface area contributed by atoms with Gasteiger partial charge in [0.15, 0.2) is 0 Å². The molecule has 0 aliphatic carbocycles. The van der Waals surface area contributed by atoms with Gasteiger partial charge in [-0.15, -0.1) is 11.3 Å². The smallest absolute Gasteiger partial charge is 0.105 e. The number of thiocarbonyl (C=S) groups is 1. The van der Waals surface area contributed by atoms with Gasteiger partial charge in [-0.25, -0.2) is 0 Å². The van der Waals surface area contributed by atoms with Crippen LogP contribution in [0.25, 0.3) is 0 Å². The first-order chi connectivity index (χ1) is 9.97.